The fourth-order valence-corrected chi connectivity index (χ4v) is 4.67. The second kappa shape index (κ2) is 4.60. The summed E-state index contributed by atoms with van der Waals surface area (Å²) in [7, 11) is -3.12. The summed E-state index contributed by atoms with van der Waals surface area (Å²) in [5.41, 5.74) is 0. The second-order valence-electron chi connectivity index (χ2n) is 3.95. The summed E-state index contributed by atoms with van der Waals surface area (Å²) >= 11 is 7.28. The van der Waals surface area contributed by atoms with Gasteiger partial charge in [-0.3, -0.25) is 0 Å². The van der Waals surface area contributed by atoms with Crippen molar-refractivity contribution in [3.05, 3.63) is 0 Å². The number of hydrogen-bond acceptors (Lipinski definition) is 3. The Morgan fingerprint density at radius 2 is 2.14 bits per heavy atom. The van der Waals surface area contributed by atoms with Gasteiger partial charge < -0.3 is 0 Å². The van der Waals surface area contributed by atoms with Gasteiger partial charge in [0.25, 0.3) is 0 Å². The molecule has 0 saturated carbocycles. The Labute approximate surface area is 95.2 Å². The van der Waals surface area contributed by atoms with E-state index in [9.17, 15) is 8.42 Å². The van der Waals surface area contributed by atoms with Gasteiger partial charge in [0.2, 0.25) is 10.0 Å². The average molecular weight is 258 g/mol. The third-order valence-corrected chi connectivity index (χ3v) is 5.65. The second-order valence-corrected chi connectivity index (χ2v) is 8.22. The summed E-state index contributed by atoms with van der Waals surface area (Å²) in [6, 6.07) is 0. The van der Waals surface area contributed by atoms with Crippen molar-refractivity contribution in [3.63, 3.8) is 0 Å². The molecule has 3 nitrogen and oxygen atoms in total. The Balaban J connectivity index is 2.69. The first-order valence-corrected chi connectivity index (χ1v) is 7.68. The highest BCUT2D eigenvalue weighted by Gasteiger charge is 2.33. The summed E-state index contributed by atoms with van der Waals surface area (Å²) < 4.78 is 25.0. The van der Waals surface area contributed by atoms with Gasteiger partial charge in [0.1, 0.15) is 0 Å². The number of hydrogen-bond donors (Lipinski definition) is 0. The highest BCUT2D eigenvalue weighted by molar-refractivity contribution is 8.00. The fourth-order valence-electron chi connectivity index (χ4n) is 1.44. The quantitative estimate of drug-likeness (QED) is 0.717. The van der Waals surface area contributed by atoms with E-state index in [0.29, 0.717) is 13.1 Å². The zero-order valence-corrected chi connectivity index (χ0v) is 10.9. The van der Waals surface area contributed by atoms with E-state index in [0.717, 1.165) is 5.75 Å². The monoisotopic (exact) mass is 257 g/mol. The van der Waals surface area contributed by atoms with Crippen LogP contribution in [0.4, 0.5) is 0 Å². The molecule has 0 aromatic rings. The highest BCUT2D eigenvalue weighted by atomic mass is 35.5. The molecule has 1 heterocycles. The smallest absolute Gasteiger partial charge is 0.212 e. The van der Waals surface area contributed by atoms with Crippen LogP contribution in [-0.4, -0.2) is 47.9 Å². The van der Waals surface area contributed by atoms with E-state index in [1.54, 1.807) is 4.31 Å². The number of alkyl halides is 1. The molecule has 1 rings (SSSR count). The Kier molecular flexibility index (Phi) is 4.14. The lowest BCUT2D eigenvalue weighted by atomic mass is 10.2. The largest absolute Gasteiger partial charge is 0.215 e. The van der Waals surface area contributed by atoms with E-state index in [-0.39, 0.29) is 16.4 Å². The van der Waals surface area contributed by atoms with Crippen LogP contribution in [0.25, 0.3) is 0 Å². The molecule has 1 aliphatic heterocycles. The Morgan fingerprint density at radius 3 is 2.64 bits per heavy atom. The fraction of sp³-hybridized carbons (Fsp3) is 1.00. The number of sulfonamides is 1. The number of nitrogens with zero attached hydrogens (tertiary/aromatic N) is 1. The molecule has 0 bridgehead atoms. The predicted molar refractivity (Wildman–Crippen MR) is 62.6 cm³/mol. The van der Waals surface area contributed by atoms with Gasteiger partial charge in [-0.2, -0.15) is 16.1 Å². The van der Waals surface area contributed by atoms with Crippen LogP contribution < -0.4 is 0 Å². The van der Waals surface area contributed by atoms with Crippen molar-refractivity contribution in [3.8, 4) is 0 Å². The molecule has 0 spiro atoms. The van der Waals surface area contributed by atoms with Crippen molar-refractivity contribution in [1.29, 1.82) is 0 Å². The third kappa shape index (κ3) is 3.29. The molecule has 0 radical (unpaired) electrons. The van der Waals surface area contributed by atoms with Crippen molar-refractivity contribution in [2.24, 2.45) is 0 Å². The number of thioether (sulfide) groups is 1. The Morgan fingerprint density at radius 1 is 1.50 bits per heavy atom. The molecule has 0 aromatic carbocycles. The lowest BCUT2D eigenvalue weighted by molar-refractivity contribution is 0.388. The molecule has 0 aromatic heterocycles. The lowest BCUT2D eigenvalue weighted by Crippen LogP contribution is -2.47. The summed E-state index contributed by atoms with van der Waals surface area (Å²) in [6.45, 7) is 5.35. The van der Waals surface area contributed by atoms with Crippen LogP contribution in [0.5, 0.6) is 0 Å². The van der Waals surface area contributed by atoms with Gasteiger partial charge in [-0.1, -0.05) is 0 Å². The SMILES string of the molecule is CC1(C)CN(S(=O)(=O)CCCl)CCS1. The van der Waals surface area contributed by atoms with Crippen molar-refractivity contribution in [2.45, 2.75) is 18.6 Å². The third-order valence-electron chi connectivity index (χ3n) is 2.12. The standard InChI is InChI=1S/C8H16ClNO2S2/c1-8(2)7-10(4-5-13-8)14(11,12)6-3-9/h3-7H2,1-2H3. The topological polar surface area (TPSA) is 37.4 Å². The maximum Gasteiger partial charge on any atom is 0.215 e. The molecule has 0 amide bonds. The number of rotatable bonds is 3. The molecule has 1 fully saturated rings. The van der Waals surface area contributed by atoms with Gasteiger partial charge in [0.15, 0.2) is 0 Å². The van der Waals surface area contributed by atoms with Gasteiger partial charge in [-0.05, 0) is 13.8 Å². The molecule has 0 N–H and O–H groups in total. The zero-order valence-electron chi connectivity index (χ0n) is 8.49. The first-order chi connectivity index (χ1) is 6.37. The van der Waals surface area contributed by atoms with Crippen molar-refractivity contribution in [1.82, 2.24) is 4.31 Å². The first kappa shape index (κ1) is 12.6. The van der Waals surface area contributed by atoms with Crippen LogP contribution in [0.2, 0.25) is 0 Å². The lowest BCUT2D eigenvalue weighted by Gasteiger charge is -2.36. The zero-order chi connectivity index (χ0) is 10.8. The van der Waals surface area contributed by atoms with Crippen molar-refractivity contribution >= 4 is 33.4 Å². The van der Waals surface area contributed by atoms with Gasteiger partial charge in [-0.15, -0.1) is 11.6 Å². The summed E-state index contributed by atoms with van der Waals surface area (Å²) in [5, 5.41) is 0. The van der Waals surface area contributed by atoms with Gasteiger partial charge in [0, 0.05) is 29.5 Å². The maximum absolute atomic E-state index is 11.7. The minimum absolute atomic E-state index is 0.0254. The molecule has 1 aliphatic rings. The first-order valence-electron chi connectivity index (χ1n) is 4.55. The van der Waals surface area contributed by atoms with E-state index in [1.807, 2.05) is 11.8 Å². The van der Waals surface area contributed by atoms with Crippen LogP contribution in [0.1, 0.15) is 13.8 Å². The van der Waals surface area contributed by atoms with Gasteiger partial charge in [0.05, 0.1) is 5.75 Å². The normalized spacial score (nSPS) is 23.6. The molecule has 84 valence electrons. The molecular weight excluding hydrogens is 242 g/mol. The molecule has 14 heavy (non-hydrogen) atoms. The molecule has 0 unspecified atom stereocenters. The minimum atomic E-state index is -3.12. The van der Waals surface area contributed by atoms with E-state index < -0.39 is 10.0 Å². The molecule has 0 atom stereocenters. The van der Waals surface area contributed by atoms with Crippen LogP contribution >= 0.6 is 23.4 Å². The Bertz CT molecular complexity index is 290. The van der Waals surface area contributed by atoms with Crippen LogP contribution in [0.3, 0.4) is 0 Å². The van der Waals surface area contributed by atoms with Gasteiger partial charge >= 0.3 is 0 Å². The van der Waals surface area contributed by atoms with Crippen molar-refractivity contribution in [2.75, 3.05) is 30.5 Å². The maximum atomic E-state index is 11.7. The summed E-state index contributed by atoms with van der Waals surface area (Å²) in [6.07, 6.45) is 0. The van der Waals surface area contributed by atoms with Crippen LogP contribution in [0.15, 0.2) is 0 Å². The van der Waals surface area contributed by atoms with E-state index in [1.165, 1.54) is 0 Å². The van der Waals surface area contributed by atoms with E-state index in [2.05, 4.69) is 13.8 Å². The number of halogens is 1. The highest BCUT2D eigenvalue weighted by Crippen LogP contribution is 2.30. The van der Waals surface area contributed by atoms with Crippen LogP contribution in [-0.2, 0) is 10.0 Å². The molecule has 1 saturated heterocycles. The molecule has 0 aliphatic carbocycles. The molecular formula is C8H16ClNO2S2. The predicted octanol–water partition coefficient (Wildman–Crippen LogP) is 1.38. The van der Waals surface area contributed by atoms with Crippen LogP contribution in [0, 0.1) is 0 Å². The Hall–Kier alpha value is 0.550. The van der Waals surface area contributed by atoms with E-state index >= 15 is 0 Å². The molecule has 6 heteroatoms. The van der Waals surface area contributed by atoms with E-state index in [4.69, 9.17) is 11.6 Å². The summed E-state index contributed by atoms with van der Waals surface area (Å²) in [4.78, 5) is 0. The van der Waals surface area contributed by atoms with Crippen molar-refractivity contribution < 1.29 is 8.42 Å². The summed E-state index contributed by atoms with van der Waals surface area (Å²) in [5.74, 6) is 1.09. The average Bonchev–Trinajstić information content (AvgIpc) is 2.02. The minimum Gasteiger partial charge on any atom is -0.212 e. The van der Waals surface area contributed by atoms with Gasteiger partial charge in [-0.25, -0.2) is 8.42 Å².